The molecular weight excluding hydrogens is 356 g/mol. The number of rotatable bonds is 7. The van der Waals surface area contributed by atoms with Gasteiger partial charge in [-0.05, 0) is 36.6 Å². The van der Waals surface area contributed by atoms with Crippen molar-refractivity contribution in [1.82, 2.24) is 9.78 Å². The van der Waals surface area contributed by atoms with Gasteiger partial charge in [0, 0.05) is 11.9 Å². The van der Waals surface area contributed by atoms with Crippen LogP contribution in [0.2, 0.25) is 0 Å². The number of hydrogen-bond donors (Lipinski definition) is 0. The standard InChI is InChI=1S/C22H24N2O4/c1-15(2)14-24-21(25)19-10-5-4-9-18(19)20(23-24)22(26)28-12-11-27-17-8-6-7-16(3)13-17/h4-10,13,15H,11-12,14H2,1-3H3. The first kappa shape index (κ1) is 19.6. The summed E-state index contributed by atoms with van der Waals surface area (Å²) >= 11 is 0. The van der Waals surface area contributed by atoms with Crippen molar-refractivity contribution >= 4 is 16.7 Å². The van der Waals surface area contributed by atoms with Gasteiger partial charge in [0.05, 0.1) is 5.39 Å². The molecule has 6 heteroatoms. The molecule has 0 saturated carbocycles. The van der Waals surface area contributed by atoms with E-state index in [0.717, 1.165) is 11.3 Å². The van der Waals surface area contributed by atoms with Crippen molar-refractivity contribution in [1.29, 1.82) is 0 Å². The lowest BCUT2D eigenvalue weighted by atomic mass is 10.1. The molecule has 0 N–H and O–H groups in total. The second kappa shape index (κ2) is 8.69. The van der Waals surface area contributed by atoms with E-state index in [4.69, 9.17) is 9.47 Å². The second-order valence-electron chi connectivity index (χ2n) is 7.08. The van der Waals surface area contributed by atoms with E-state index in [-0.39, 0.29) is 30.4 Å². The van der Waals surface area contributed by atoms with Crippen LogP contribution in [-0.4, -0.2) is 29.0 Å². The third-order valence-electron chi connectivity index (χ3n) is 4.17. The topological polar surface area (TPSA) is 70.4 Å². The van der Waals surface area contributed by atoms with Gasteiger partial charge in [0.2, 0.25) is 0 Å². The first-order chi connectivity index (χ1) is 13.5. The van der Waals surface area contributed by atoms with Crippen LogP contribution < -0.4 is 10.3 Å². The number of ether oxygens (including phenoxy) is 2. The number of esters is 1. The minimum atomic E-state index is -0.568. The number of aryl methyl sites for hydroxylation is 1. The summed E-state index contributed by atoms with van der Waals surface area (Å²) in [5.41, 5.74) is 1.03. The zero-order chi connectivity index (χ0) is 20.1. The molecule has 1 aromatic heterocycles. The van der Waals surface area contributed by atoms with E-state index in [0.29, 0.717) is 17.3 Å². The molecule has 0 aliphatic carbocycles. The van der Waals surface area contributed by atoms with Crippen molar-refractivity contribution in [2.45, 2.75) is 27.3 Å². The minimum absolute atomic E-state index is 0.0894. The van der Waals surface area contributed by atoms with Crippen molar-refractivity contribution in [3.05, 3.63) is 70.1 Å². The van der Waals surface area contributed by atoms with Gasteiger partial charge in [-0.2, -0.15) is 5.10 Å². The Balaban J connectivity index is 1.75. The molecule has 1 heterocycles. The van der Waals surface area contributed by atoms with Gasteiger partial charge >= 0.3 is 5.97 Å². The van der Waals surface area contributed by atoms with E-state index in [1.54, 1.807) is 24.3 Å². The van der Waals surface area contributed by atoms with Gasteiger partial charge in [0.15, 0.2) is 5.69 Å². The number of carbonyl (C=O) groups is 1. The third kappa shape index (κ3) is 4.57. The van der Waals surface area contributed by atoms with Crippen LogP contribution in [0.25, 0.3) is 10.8 Å². The fourth-order valence-electron chi connectivity index (χ4n) is 2.92. The molecule has 0 saturated heterocycles. The number of carbonyl (C=O) groups excluding carboxylic acids is 1. The van der Waals surface area contributed by atoms with E-state index >= 15 is 0 Å². The summed E-state index contributed by atoms with van der Waals surface area (Å²) in [4.78, 5) is 25.2. The lowest BCUT2D eigenvalue weighted by Gasteiger charge is -2.12. The van der Waals surface area contributed by atoms with Crippen LogP contribution in [0.3, 0.4) is 0 Å². The van der Waals surface area contributed by atoms with E-state index in [9.17, 15) is 9.59 Å². The summed E-state index contributed by atoms with van der Waals surface area (Å²) < 4.78 is 12.3. The van der Waals surface area contributed by atoms with Crippen LogP contribution in [0, 0.1) is 12.8 Å². The van der Waals surface area contributed by atoms with Gasteiger partial charge in [0.25, 0.3) is 5.56 Å². The van der Waals surface area contributed by atoms with Crippen LogP contribution in [0.4, 0.5) is 0 Å². The fourth-order valence-corrected chi connectivity index (χ4v) is 2.92. The molecule has 0 fully saturated rings. The summed E-state index contributed by atoms with van der Waals surface area (Å²) in [7, 11) is 0. The Kier molecular flexibility index (Phi) is 6.09. The maximum Gasteiger partial charge on any atom is 0.359 e. The van der Waals surface area contributed by atoms with Gasteiger partial charge in [-0.15, -0.1) is 0 Å². The first-order valence-electron chi connectivity index (χ1n) is 9.32. The highest BCUT2D eigenvalue weighted by atomic mass is 16.6. The second-order valence-corrected chi connectivity index (χ2v) is 7.08. The zero-order valence-electron chi connectivity index (χ0n) is 16.3. The third-order valence-corrected chi connectivity index (χ3v) is 4.17. The summed E-state index contributed by atoms with van der Waals surface area (Å²) in [5, 5.41) is 5.23. The molecule has 3 rings (SSSR count). The predicted molar refractivity (Wildman–Crippen MR) is 108 cm³/mol. The lowest BCUT2D eigenvalue weighted by Crippen LogP contribution is -2.28. The number of aromatic nitrogens is 2. The van der Waals surface area contributed by atoms with Crippen LogP contribution in [0.1, 0.15) is 29.9 Å². The van der Waals surface area contributed by atoms with Crippen molar-refractivity contribution in [2.75, 3.05) is 13.2 Å². The molecule has 3 aromatic rings. The van der Waals surface area contributed by atoms with Crippen LogP contribution >= 0.6 is 0 Å². The molecule has 0 bridgehead atoms. The molecule has 0 aliphatic rings. The summed E-state index contributed by atoms with van der Waals surface area (Å²) in [6.45, 7) is 6.72. The van der Waals surface area contributed by atoms with Crippen LogP contribution in [0.5, 0.6) is 5.75 Å². The Morgan fingerprint density at radius 3 is 2.54 bits per heavy atom. The Bertz CT molecular complexity index is 1040. The summed E-state index contributed by atoms with van der Waals surface area (Å²) in [5.74, 6) is 0.379. The van der Waals surface area contributed by atoms with Crippen molar-refractivity contribution < 1.29 is 14.3 Å². The molecule has 0 aliphatic heterocycles. The maximum atomic E-state index is 12.6. The average molecular weight is 380 g/mol. The number of nitrogens with zero attached hydrogens (tertiary/aromatic N) is 2. The summed E-state index contributed by atoms with van der Waals surface area (Å²) in [6.07, 6.45) is 0. The molecule has 0 unspecified atom stereocenters. The van der Waals surface area contributed by atoms with Crippen LogP contribution in [-0.2, 0) is 11.3 Å². The Morgan fingerprint density at radius 1 is 1.07 bits per heavy atom. The predicted octanol–water partition coefficient (Wildman–Crippen LogP) is 3.60. The van der Waals surface area contributed by atoms with Gasteiger partial charge < -0.3 is 9.47 Å². The average Bonchev–Trinajstić information content (AvgIpc) is 2.67. The molecule has 0 atom stereocenters. The van der Waals surface area contributed by atoms with E-state index in [2.05, 4.69) is 5.10 Å². The normalized spacial score (nSPS) is 11.0. The van der Waals surface area contributed by atoms with Crippen LogP contribution in [0.15, 0.2) is 53.3 Å². The van der Waals surface area contributed by atoms with Crippen molar-refractivity contribution in [3.8, 4) is 5.75 Å². The Hall–Kier alpha value is -3.15. The fraction of sp³-hybridized carbons (Fsp3) is 0.318. The maximum absolute atomic E-state index is 12.6. The lowest BCUT2D eigenvalue weighted by molar-refractivity contribution is 0.0443. The summed E-state index contributed by atoms with van der Waals surface area (Å²) in [6, 6.07) is 14.6. The quantitative estimate of drug-likeness (QED) is 0.463. The molecular formula is C22H24N2O4. The van der Waals surface area contributed by atoms with Gasteiger partial charge in [-0.3, -0.25) is 4.79 Å². The van der Waals surface area contributed by atoms with Gasteiger partial charge in [-0.25, -0.2) is 9.48 Å². The highest BCUT2D eigenvalue weighted by molar-refractivity contribution is 6.02. The zero-order valence-corrected chi connectivity index (χ0v) is 16.3. The molecule has 146 valence electrons. The molecule has 0 amide bonds. The van der Waals surface area contributed by atoms with Crippen molar-refractivity contribution in [2.24, 2.45) is 5.92 Å². The Labute approximate surface area is 163 Å². The largest absolute Gasteiger partial charge is 0.490 e. The van der Waals surface area contributed by atoms with E-state index in [1.807, 2.05) is 45.0 Å². The van der Waals surface area contributed by atoms with Gasteiger partial charge in [0.1, 0.15) is 19.0 Å². The smallest absolute Gasteiger partial charge is 0.359 e. The number of fused-ring (bicyclic) bond motifs is 1. The monoisotopic (exact) mass is 380 g/mol. The first-order valence-corrected chi connectivity index (χ1v) is 9.32. The number of hydrogen-bond acceptors (Lipinski definition) is 5. The molecule has 6 nitrogen and oxygen atoms in total. The van der Waals surface area contributed by atoms with Crippen molar-refractivity contribution in [3.63, 3.8) is 0 Å². The molecule has 0 radical (unpaired) electrons. The number of benzene rings is 2. The Morgan fingerprint density at radius 2 is 1.82 bits per heavy atom. The molecule has 2 aromatic carbocycles. The highest BCUT2D eigenvalue weighted by Gasteiger charge is 2.18. The van der Waals surface area contributed by atoms with Gasteiger partial charge in [-0.1, -0.05) is 44.2 Å². The SMILES string of the molecule is Cc1cccc(OCCOC(=O)c2nn(CC(C)C)c(=O)c3ccccc23)c1. The molecule has 0 spiro atoms. The molecule has 28 heavy (non-hydrogen) atoms. The minimum Gasteiger partial charge on any atom is -0.490 e. The van der Waals surface area contributed by atoms with E-state index < -0.39 is 5.97 Å². The highest BCUT2D eigenvalue weighted by Crippen LogP contribution is 2.15. The van der Waals surface area contributed by atoms with E-state index in [1.165, 1.54) is 4.68 Å².